The summed E-state index contributed by atoms with van der Waals surface area (Å²) < 4.78 is 0. The highest BCUT2D eigenvalue weighted by atomic mass is 35.5. The van der Waals surface area contributed by atoms with Crippen molar-refractivity contribution in [1.29, 1.82) is 0 Å². The lowest BCUT2D eigenvalue weighted by molar-refractivity contribution is 0.576. The first kappa shape index (κ1) is 9.68. The standard InChI is InChI=1S/C13H16ClN/c14-12-3-1-2-9-4-5-10(13(9)12)8-15-11-6-7-11/h1-3,10-11,15H,4-8H2. The molecular formula is C13H16ClN. The van der Waals surface area contributed by atoms with Gasteiger partial charge in [-0.15, -0.1) is 0 Å². The third-order valence-electron chi connectivity index (χ3n) is 3.54. The van der Waals surface area contributed by atoms with E-state index < -0.39 is 0 Å². The normalized spacial score (nSPS) is 24.2. The molecule has 1 aromatic carbocycles. The average Bonchev–Trinajstić information content (AvgIpc) is 2.96. The zero-order chi connectivity index (χ0) is 10.3. The van der Waals surface area contributed by atoms with Crippen molar-refractivity contribution < 1.29 is 0 Å². The third-order valence-corrected chi connectivity index (χ3v) is 3.87. The molecule has 1 saturated carbocycles. The Morgan fingerprint density at radius 1 is 1.27 bits per heavy atom. The van der Waals surface area contributed by atoms with Gasteiger partial charge in [-0.25, -0.2) is 0 Å². The second-order valence-electron chi connectivity index (χ2n) is 4.73. The van der Waals surface area contributed by atoms with Crippen LogP contribution in [0.25, 0.3) is 0 Å². The van der Waals surface area contributed by atoms with Crippen LogP contribution in [0.4, 0.5) is 0 Å². The monoisotopic (exact) mass is 221 g/mol. The first-order valence-corrected chi connectivity index (χ1v) is 6.23. The van der Waals surface area contributed by atoms with Gasteiger partial charge in [-0.3, -0.25) is 0 Å². The first-order valence-electron chi connectivity index (χ1n) is 5.85. The van der Waals surface area contributed by atoms with E-state index in [0.29, 0.717) is 5.92 Å². The summed E-state index contributed by atoms with van der Waals surface area (Å²) in [5, 5.41) is 4.57. The smallest absolute Gasteiger partial charge is 0.0444 e. The summed E-state index contributed by atoms with van der Waals surface area (Å²) in [6.45, 7) is 1.11. The molecule has 1 aromatic rings. The van der Waals surface area contributed by atoms with Gasteiger partial charge in [0.15, 0.2) is 0 Å². The highest BCUT2D eigenvalue weighted by molar-refractivity contribution is 6.31. The van der Waals surface area contributed by atoms with E-state index in [2.05, 4.69) is 17.4 Å². The highest BCUT2D eigenvalue weighted by Crippen LogP contribution is 2.37. The highest BCUT2D eigenvalue weighted by Gasteiger charge is 2.27. The summed E-state index contributed by atoms with van der Waals surface area (Å²) in [5.41, 5.74) is 2.87. The van der Waals surface area contributed by atoms with Gasteiger partial charge >= 0.3 is 0 Å². The van der Waals surface area contributed by atoms with Crippen molar-refractivity contribution in [2.24, 2.45) is 0 Å². The molecule has 0 aliphatic heterocycles. The number of benzene rings is 1. The van der Waals surface area contributed by atoms with Crippen molar-refractivity contribution in [2.45, 2.75) is 37.6 Å². The lowest BCUT2D eigenvalue weighted by Crippen LogP contribution is -2.22. The van der Waals surface area contributed by atoms with Gasteiger partial charge in [-0.05, 0) is 48.8 Å². The predicted octanol–water partition coefficient (Wildman–Crippen LogP) is 3.12. The van der Waals surface area contributed by atoms with Gasteiger partial charge in [0.1, 0.15) is 0 Å². The second kappa shape index (κ2) is 3.80. The van der Waals surface area contributed by atoms with Gasteiger partial charge in [-0.2, -0.15) is 0 Å². The van der Waals surface area contributed by atoms with Crippen LogP contribution in [0.5, 0.6) is 0 Å². The molecule has 1 unspecified atom stereocenters. The summed E-state index contributed by atoms with van der Waals surface area (Å²) in [4.78, 5) is 0. The van der Waals surface area contributed by atoms with Gasteiger partial charge in [0.05, 0.1) is 0 Å². The molecule has 2 heteroatoms. The number of fused-ring (bicyclic) bond motifs is 1. The molecule has 1 fully saturated rings. The van der Waals surface area contributed by atoms with E-state index in [9.17, 15) is 0 Å². The molecule has 0 bridgehead atoms. The maximum absolute atomic E-state index is 6.27. The number of rotatable bonds is 3. The minimum atomic E-state index is 0.647. The average molecular weight is 222 g/mol. The van der Waals surface area contributed by atoms with Crippen LogP contribution in [-0.2, 0) is 6.42 Å². The Bertz CT molecular complexity index is 371. The van der Waals surface area contributed by atoms with Crippen LogP contribution < -0.4 is 5.32 Å². The van der Waals surface area contributed by atoms with E-state index in [1.807, 2.05) is 6.07 Å². The van der Waals surface area contributed by atoms with E-state index in [1.54, 1.807) is 0 Å². The Hall–Kier alpha value is -0.530. The Morgan fingerprint density at radius 2 is 2.13 bits per heavy atom. The van der Waals surface area contributed by atoms with Crippen LogP contribution >= 0.6 is 11.6 Å². The summed E-state index contributed by atoms with van der Waals surface area (Å²) in [6.07, 6.45) is 5.19. The van der Waals surface area contributed by atoms with E-state index in [-0.39, 0.29) is 0 Å². The maximum atomic E-state index is 6.27. The van der Waals surface area contributed by atoms with Crippen LogP contribution in [-0.4, -0.2) is 12.6 Å². The van der Waals surface area contributed by atoms with Gasteiger partial charge in [0.25, 0.3) is 0 Å². The molecule has 0 amide bonds. The van der Waals surface area contributed by atoms with Crippen molar-refractivity contribution in [1.82, 2.24) is 5.32 Å². The third kappa shape index (κ3) is 1.91. The van der Waals surface area contributed by atoms with Gasteiger partial charge in [0.2, 0.25) is 0 Å². The van der Waals surface area contributed by atoms with Crippen molar-refractivity contribution >= 4 is 11.6 Å². The summed E-state index contributed by atoms with van der Waals surface area (Å²) >= 11 is 6.27. The lowest BCUT2D eigenvalue weighted by Gasteiger charge is -2.13. The molecule has 0 radical (unpaired) electrons. The van der Waals surface area contributed by atoms with E-state index in [1.165, 1.54) is 36.8 Å². The maximum Gasteiger partial charge on any atom is 0.0444 e. The van der Waals surface area contributed by atoms with E-state index in [4.69, 9.17) is 11.6 Å². The predicted molar refractivity (Wildman–Crippen MR) is 63.5 cm³/mol. The topological polar surface area (TPSA) is 12.0 Å². The minimum absolute atomic E-state index is 0.647. The fourth-order valence-electron chi connectivity index (χ4n) is 2.53. The SMILES string of the molecule is Clc1cccc2c1C(CNC1CC1)CC2. The van der Waals surface area contributed by atoms with E-state index >= 15 is 0 Å². The lowest BCUT2D eigenvalue weighted by atomic mass is 10.0. The zero-order valence-electron chi connectivity index (χ0n) is 8.80. The van der Waals surface area contributed by atoms with Gasteiger partial charge in [0, 0.05) is 17.6 Å². The zero-order valence-corrected chi connectivity index (χ0v) is 9.56. The van der Waals surface area contributed by atoms with E-state index in [0.717, 1.165) is 17.6 Å². The number of nitrogens with one attached hydrogen (secondary N) is 1. The number of hydrogen-bond donors (Lipinski definition) is 1. The first-order chi connectivity index (χ1) is 7.34. The largest absolute Gasteiger partial charge is 0.313 e. The molecule has 3 rings (SSSR count). The summed E-state index contributed by atoms with van der Waals surface area (Å²) in [6, 6.07) is 7.11. The van der Waals surface area contributed by atoms with Crippen molar-refractivity contribution in [3.05, 3.63) is 34.3 Å². The molecule has 0 heterocycles. The van der Waals surface area contributed by atoms with Crippen molar-refractivity contribution in [3.8, 4) is 0 Å². The molecular weight excluding hydrogens is 206 g/mol. The Balaban J connectivity index is 1.77. The number of hydrogen-bond acceptors (Lipinski definition) is 1. The van der Waals surface area contributed by atoms with Crippen LogP contribution in [0, 0.1) is 0 Å². The molecule has 15 heavy (non-hydrogen) atoms. The van der Waals surface area contributed by atoms with Gasteiger partial charge < -0.3 is 5.32 Å². The molecule has 2 aliphatic carbocycles. The Kier molecular flexibility index (Phi) is 2.45. The van der Waals surface area contributed by atoms with Gasteiger partial charge in [-0.1, -0.05) is 23.7 Å². The molecule has 1 atom stereocenters. The molecule has 2 aliphatic rings. The minimum Gasteiger partial charge on any atom is -0.313 e. The molecule has 1 nitrogen and oxygen atoms in total. The molecule has 0 spiro atoms. The summed E-state index contributed by atoms with van der Waals surface area (Å²) in [7, 11) is 0. The van der Waals surface area contributed by atoms with Crippen molar-refractivity contribution in [2.75, 3.05) is 6.54 Å². The molecule has 0 aromatic heterocycles. The fourth-order valence-corrected chi connectivity index (χ4v) is 2.88. The van der Waals surface area contributed by atoms with Crippen LogP contribution in [0.2, 0.25) is 5.02 Å². The molecule has 80 valence electrons. The summed E-state index contributed by atoms with van der Waals surface area (Å²) in [5.74, 6) is 0.647. The second-order valence-corrected chi connectivity index (χ2v) is 5.14. The fraction of sp³-hybridized carbons (Fsp3) is 0.538. The quantitative estimate of drug-likeness (QED) is 0.827. The number of halogens is 1. The van der Waals surface area contributed by atoms with Crippen LogP contribution in [0.1, 0.15) is 36.3 Å². The number of aryl methyl sites for hydroxylation is 1. The van der Waals surface area contributed by atoms with Crippen LogP contribution in [0.3, 0.4) is 0 Å². The molecule has 1 N–H and O–H groups in total. The Labute approximate surface area is 95.8 Å². The molecule has 0 saturated heterocycles. The van der Waals surface area contributed by atoms with Crippen molar-refractivity contribution in [3.63, 3.8) is 0 Å². The Morgan fingerprint density at radius 3 is 2.93 bits per heavy atom. The van der Waals surface area contributed by atoms with Crippen LogP contribution in [0.15, 0.2) is 18.2 Å².